The van der Waals surface area contributed by atoms with Crippen LogP contribution in [0.25, 0.3) is 0 Å². The van der Waals surface area contributed by atoms with Crippen LogP contribution < -0.4 is 9.47 Å². The lowest BCUT2D eigenvalue weighted by Crippen LogP contribution is -2.41. The van der Waals surface area contributed by atoms with Crippen LogP contribution in [0.1, 0.15) is 100 Å². The summed E-state index contributed by atoms with van der Waals surface area (Å²) in [5.41, 5.74) is 0.0871. The topological polar surface area (TPSA) is 59.3 Å². The third-order valence-electron chi connectivity index (χ3n) is 9.07. The Morgan fingerprint density at radius 3 is 2.34 bits per heavy atom. The van der Waals surface area contributed by atoms with Crippen LogP contribution in [0.15, 0.2) is 36.4 Å². The predicted octanol–water partition coefficient (Wildman–Crippen LogP) is 8.63. The maximum absolute atomic E-state index is 14.7. The summed E-state index contributed by atoms with van der Waals surface area (Å²) in [4.78, 5) is 12.4. The number of carbonyl (C=O) groups is 1. The van der Waals surface area contributed by atoms with Gasteiger partial charge in [-0.1, -0.05) is 46.0 Å². The van der Waals surface area contributed by atoms with Crippen LogP contribution in [0.4, 0.5) is 8.78 Å². The number of halogens is 2. The molecule has 204 valence electrons. The second-order valence-electron chi connectivity index (χ2n) is 11.3. The van der Waals surface area contributed by atoms with E-state index in [1.165, 1.54) is 82.1 Å². The molecule has 0 N–H and O–H groups in total. The van der Waals surface area contributed by atoms with E-state index < -0.39 is 17.6 Å². The van der Waals surface area contributed by atoms with E-state index in [4.69, 9.17) is 14.7 Å². The van der Waals surface area contributed by atoms with E-state index in [1.807, 2.05) is 0 Å². The van der Waals surface area contributed by atoms with E-state index in [-0.39, 0.29) is 16.9 Å². The Balaban J connectivity index is 1.30. The van der Waals surface area contributed by atoms with Crippen molar-refractivity contribution in [3.63, 3.8) is 0 Å². The fourth-order valence-corrected chi connectivity index (χ4v) is 6.92. The summed E-state index contributed by atoms with van der Waals surface area (Å²) in [6.45, 7) is 5.33. The minimum atomic E-state index is -0.939. The zero-order chi connectivity index (χ0) is 27.1. The van der Waals surface area contributed by atoms with Crippen LogP contribution in [-0.2, 0) is 0 Å². The summed E-state index contributed by atoms with van der Waals surface area (Å²) in [5.74, 6) is -0.179. The average Bonchev–Trinajstić information content (AvgIpc) is 2.93. The number of carbonyl (C=O) groups excluding carboxylic acids is 1. The van der Waals surface area contributed by atoms with Gasteiger partial charge in [0.15, 0.2) is 0 Å². The van der Waals surface area contributed by atoms with Gasteiger partial charge >= 0.3 is 5.97 Å². The van der Waals surface area contributed by atoms with Gasteiger partial charge in [-0.25, -0.2) is 13.6 Å². The van der Waals surface area contributed by atoms with Crippen molar-refractivity contribution in [1.29, 1.82) is 5.26 Å². The van der Waals surface area contributed by atoms with Crippen LogP contribution in [0.2, 0.25) is 0 Å². The van der Waals surface area contributed by atoms with Gasteiger partial charge in [0.1, 0.15) is 29.2 Å². The van der Waals surface area contributed by atoms with Crippen LogP contribution in [0.5, 0.6) is 11.5 Å². The van der Waals surface area contributed by atoms with E-state index >= 15 is 0 Å². The molecule has 4 nitrogen and oxygen atoms in total. The number of nitriles is 1. The predicted molar refractivity (Wildman–Crippen MR) is 143 cm³/mol. The first-order valence-electron chi connectivity index (χ1n) is 14.2. The van der Waals surface area contributed by atoms with Gasteiger partial charge < -0.3 is 9.47 Å². The van der Waals surface area contributed by atoms with Crippen molar-refractivity contribution in [2.75, 3.05) is 6.61 Å². The second kappa shape index (κ2) is 12.7. The molecule has 1 unspecified atom stereocenters. The smallest absolute Gasteiger partial charge is 0.346 e. The molecule has 2 aliphatic carbocycles. The van der Waals surface area contributed by atoms with E-state index in [0.29, 0.717) is 23.7 Å². The van der Waals surface area contributed by atoms with Crippen LogP contribution >= 0.6 is 0 Å². The molecule has 1 atom stereocenters. The fraction of sp³-hybridized carbons (Fsp3) is 0.562. The van der Waals surface area contributed by atoms with Crippen molar-refractivity contribution < 1.29 is 23.0 Å². The molecule has 2 saturated carbocycles. The molecule has 2 fully saturated rings. The van der Waals surface area contributed by atoms with Crippen LogP contribution in [-0.4, -0.2) is 12.6 Å². The highest BCUT2D eigenvalue weighted by atomic mass is 19.1. The lowest BCUT2D eigenvalue weighted by atomic mass is 9.55. The van der Waals surface area contributed by atoms with Gasteiger partial charge in [0.2, 0.25) is 0 Å². The summed E-state index contributed by atoms with van der Waals surface area (Å²) < 4.78 is 39.5. The van der Waals surface area contributed by atoms with Gasteiger partial charge in [0, 0.05) is 12.1 Å². The Morgan fingerprint density at radius 2 is 1.71 bits per heavy atom. The Hall–Kier alpha value is -2.94. The van der Waals surface area contributed by atoms with Crippen molar-refractivity contribution in [1.82, 2.24) is 0 Å². The van der Waals surface area contributed by atoms with Crippen molar-refractivity contribution >= 4 is 5.97 Å². The summed E-state index contributed by atoms with van der Waals surface area (Å²) >= 11 is 0. The number of esters is 1. The Bertz CT molecular complexity index is 1140. The standard InChI is InChI=1S/C32H39F2NO3/c1-3-7-22(2)32(16-5-4-6-17-32)25-11-8-23(9-12-25)21-37-26-14-15-28(30(34)18-26)31(36)38-27-13-10-24(20-35)29(33)19-27/h10,13-15,18-19,22-23,25H,3-9,11-12,16-17,21H2,1-2H3/t22?,23-,25-. The number of ether oxygens (including phenoxy) is 2. The zero-order valence-corrected chi connectivity index (χ0v) is 22.6. The third-order valence-corrected chi connectivity index (χ3v) is 9.07. The number of hydrogen-bond acceptors (Lipinski definition) is 4. The molecular formula is C32H39F2NO3. The van der Waals surface area contributed by atoms with E-state index in [0.717, 1.165) is 30.7 Å². The molecule has 0 bridgehead atoms. The number of hydrogen-bond donors (Lipinski definition) is 0. The highest BCUT2D eigenvalue weighted by Gasteiger charge is 2.44. The van der Waals surface area contributed by atoms with E-state index in [1.54, 1.807) is 12.1 Å². The molecule has 0 radical (unpaired) electrons. The summed E-state index contributed by atoms with van der Waals surface area (Å²) in [5, 5.41) is 8.81. The van der Waals surface area contributed by atoms with Crippen molar-refractivity contribution in [3.05, 3.63) is 59.2 Å². The number of benzene rings is 2. The molecule has 2 aliphatic rings. The first-order chi connectivity index (χ1) is 18.4. The van der Waals surface area contributed by atoms with Gasteiger partial charge in [-0.15, -0.1) is 0 Å². The highest BCUT2D eigenvalue weighted by Crippen LogP contribution is 2.54. The number of rotatable bonds is 9. The Morgan fingerprint density at radius 1 is 1.03 bits per heavy atom. The monoisotopic (exact) mass is 523 g/mol. The largest absolute Gasteiger partial charge is 0.493 e. The molecular weight excluding hydrogens is 484 g/mol. The molecule has 0 spiro atoms. The molecule has 38 heavy (non-hydrogen) atoms. The fourth-order valence-electron chi connectivity index (χ4n) is 6.92. The molecule has 2 aromatic rings. The maximum Gasteiger partial charge on any atom is 0.346 e. The maximum atomic E-state index is 14.7. The Kier molecular flexibility index (Phi) is 9.41. The quantitative estimate of drug-likeness (QED) is 0.244. The van der Waals surface area contributed by atoms with E-state index in [2.05, 4.69) is 13.8 Å². The minimum absolute atomic E-state index is 0.0964. The molecule has 0 aromatic heterocycles. The number of nitrogens with zero attached hydrogens (tertiary/aromatic N) is 1. The van der Waals surface area contributed by atoms with Gasteiger partial charge in [0.25, 0.3) is 0 Å². The molecule has 4 rings (SSSR count). The second-order valence-corrected chi connectivity index (χ2v) is 11.3. The van der Waals surface area contributed by atoms with Crippen LogP contribution in [0.3, 0.4) is 0 Å². The minimum Gasteiger partial charge on any atom is -0.493 e. The first kappa shape index (κ1) is 28.1. The van der Waals surface area contributed by atoms with Crippen molar-refractivity contribution in [2.24, 2.45) is 23.2 Å². The first-order valence-corrected chi connectivity index (χ1v) is 14.2. The third kappa shape index (κ3) is 6.37. The zero-order valence-electron chi connectivity index (χ0n) is 22.6. The molecule has 2 aromatic carbocycles. The average molecular weight is 524 g/mol. The molecule has 6 heteroatoms. The van der Waals surface area contributed by atoms with Gasteiger partial charge in [-0.05, 0) is 86.0 Å². The Labute approximate surface area is 225 Å². The van der Waals surface area contributed by atoms with Gasteiger partial charge in [0.05, 0.1) is 17.7 Å². The van der Waals surface area contributed by atoms with Gasteiger partial charge in [-0.2, -0.15) is 5.26 Å². The van der Waals surface area contributed by atoms with Gasteiger partial charge in [-0.3, -0.25) is 0 Å². The van der Waals surface area contributed by atoms with Crippen LogP contribution in [0, 0.1) is 46.1 Å². The summed E-state index contributed by atoms with van der Waals surface area (Å²) in [6, 6.07) is 9.22. The summed E-state index contributed by atoms with van der Waals surface area (Å²) in [6.07, 6.45) is 14.2. The lowest BCUT2D eigenvalue weighted by Gasteiger charge is -2.50. The SMILES string of the molecule is CCCC(C)C1([C@H]2CC[C@H](COc3ccc(C(=O)Oc4ccc(C#N)c(F)c4)c(F)c3)CC2)CCCCC1. The van der Waals surface area contributed by atoms with E-state index in [9.17, 15) is 13.6 Å². The molecule has 0 aliphatic heterocycles. The lowest BCUT2D eigenvalue weighted by molar-refractivity contribution is -0.00390. The highest BCUT2D eigenvalue weighted by molar-refractivity contribution is 5.91. The van der Waals surface area contributed by atoms with Crippen molar-refractivity contribution in [2.45, 2.75) is 84.5 Å². The van der Waals surface area contributed by atoms with Crippen molar-refractivity contribution in [3.8, 4) is 17.6 Å². The molecule has 0 amide bonds. The summed E-state index contributed by atoms with van der Waals surface area (Å²) in [7, 11) is 0. The normalized spacial score (nSPS) is 21.8. The molecule has 0 heterocycles. The molecule has 0 saturated heterocycles.